The predicted octanol–water partition coefficient (Wildman–Crippen LogP) is 2.14. The number of nitrogens with one attached hydrogen (secondary N) is 1. The van der Waals surface area contributed by atoms with Crippen LogP contribution < -0.4 is 15.1 Å². The van der Waals surface area contributed by atoms with Crippen molar-refractivity contribution in [1.82, 2.24) is 25.1 Å². The molecular weight excluding hydrogens is 457 g/mol. The molecule has 0 saturated carbocycles. The molecule has 0 bridgehead atoms. The van der Waals surface area contributed by atoms with E-state index in [0.29, 0.717) is 43.3 Å². The first-order valence-electron chi connectivity index (χ1n) is 11.0. The summed E-state index contributed by atoms with van der Waals surface area (Å²) in [7, 11) is 1.66. The summed E-state index contributed by atoms with van der Waals surface area (Å²) in [6.07, 6.45) is 2.79. The largest absolute Gasteiger partial charge is 0.354 e. The minimum atomic E-state index is -0.845. The third kappa shape index (κ3) is 4.60. The zero-order valence-electron chi connectivity index (χ0n) is 18.6. The van der Waals surface area contributed by atoms with Gasteiger partial charge in [0.2, 0.25) is 11.7 Å². The molecule has 2 aliphatic rings. The van der Waals surface area contributed by atoms with Crippen LogP contribution in [0.15, 0.2) is 53.8 Å². The lowest BCUT2D eigenvalue weighted by molar-refractivity contribution is -0.119. The van der Waals surface area contributed by atoms with Crippen LogP contribution in [-0.2, 0) is 11.3 Å². The van der Waals surface area contributed by atoms with Crippen LogP contribution in [0, 0.1) is 0 Å². The molecule has 176 valence electrons. The molecule has 2 aromatic heterocycles. The second-order valence-electron chi connectivity index (χ2n) is 8.33. The van der Waals surface area contributed by atoms with E-state index in [1.165, 1.54) is 23.0 Å². The molecule has 5 rings (SSSR count). The van der Waals surface area contributed by atoms with E-state index in [1.807, 2.05) is 41.3 Å². The van der Waals surface area contributed by atoms with Crippen LogP contribution in [-0.4, -0.2) is 69.7 Å². The number of fused-ring (bicyclic) bond motifs is 1. The number of benzene rings is 1. The van der Waals surface area contributed by atoms with Gasteiger partial charge in [-0.1, -0.05) is 30.3 Å². The molecule has 2 atom stereocenters. The number of carbonyl (C=O) groups is 2. The van der Waals surface area contributed by atoms with Crippen LogP contribution in [0.4, 0.5) is 15.9 Å². The number of hydrogen-bond acceptors (Lipinski definition) is 7. The number of rotatable bonds is 5. The number of thioether (sulfide) groups is 1. The number of alkyl halides is 1. The van der Waals surface area contributed by atoms with E-state index in [2.05, 4.69) is 20.4 Å². The number of amides is 2. The standard InChI is InChI=1S/C23H24FN7O2S/c1-29-18-10-25-20(30-8-7-16(24)12-30)9-19(18)34-13-17(23(29)33)27-22(32)21-26-14-31(28-21)11-15-5-3-2-4-6-15/h2-6,9-10,14,16-17H,7-8,11-13H2,1H3,(H,27,32)/t16-,17-/m0/s1. The zero-order chi connectivity index (χ0) is 23.7. The first-order valence-corrected chi connectivity index (χ1v) is 12.0. The summed E-state index contributed by atoms with van der Waals surface area (Å²) < 4.78 is 15.2. The second-order valence-corrected chi connectivity index (χ2v) is 9.39. The Hall–Kier alpha value is -3.47. The van der Waals surface area contributed by atoms with Crippen LogP contribution in [0.1, 0.15) is 22.6 Å². The van der Waals surface area contributed by atoms with E-state index in [4.69, 9.17) is 0 Å². The minimum absolute atomic E-state index is 0.0110. The highest BCUT2D eigenvalue weighted by molar-refractivity contribution is 7.99. The minimum Gasteiger partial charge on any atom is -0.354 e. The number of likely N-dealkylation sites (N-methyl/N-ethyl adjacent to an activating group) is 1. The predicted molar refractivity (Wildman–Crippen MR) is 127 cm³/mol. The van der Waals surface area contributed by atoms with Gasteiger partial charge in [0, 0.05) is 24.2 Å². The maximum absolute atomic E-state index is 13.6. The molecule has 1 saturated heterocycles. The summed E-state index contributed by atoms with van der Waals surface area (Å²) in [5.74, 6) is 0.305. The topological polar surface area (TPSA) is 96.2 Å². The summed E-state index contributed by atoms with van der Waals surface area (Å²) in [4.78, 5) is 38.7. The van der Waals surface area contributed by atoms with Crippen molar-refractivity contribution in [2.45, 2.75) is 30.1 Å². The van der Waals surface area contributed by atoms with Gasteiger partial charge in [0.25, 0.3) is 5.91 Å². The normalized spacial score (nSPS) is 20.2. The van der Waals surface area contributed by atoms with E-state index in [1.54, 1.807) is 17.9 Å². The van der Waals surface area contributed by atoms with Crippen molar-refractivity contribution in [3.05, 3.63) is 60.3 Å². The molecule has 34 heavy (non-hydrogen) atoms. The number of aromatic nitrogens is 4. The Labute approximate surface area is 200 Å². The number of anilines is 2. The van der Waals surface area contributed by atoms with Gasteiger partial charge in [-0.15, -0.1) is 16.9 Å². The van der Waals surface area contributed by atoms with Gasteiger partial charge in [-0.3, -0.25) is 9.59 Å². The molecule has 1 aromatic carbocycles. The summed E-state index contributed by atoms with van der Waals surface area (Å²) >= 11 is 1.46. The number of halogens is 1. The first-order chi connectivity index (χ1) is 16.5. The Balaban J connectivity index is 1.27. The van der Waals surface area contributed by atoms with Gasteiger partial charge in [-0.05, 0) is 18.1 Å². The maximum atomic E-state index is 13.6. The lowest BCUT2D eigenvalue weighted by Crippen LogP contribution is -2.48. The fourth-order valence-electron chi connectivity index (χ4n) is 4.05. The van der Waals surface area contributed by atoms with Gasteiger partial charge in [0.05, 0.1) is 25.0 Å². The fourth-order valence-corrected chi connectivity index (χ4v) is 5.15. The average molecular weight is 482 g/mol. The van der Waals surface area contributed by atoms with Crippen molar-refractivity contribution < 1.29 is 14.0 Å². The third-order valence-corrected chi connectivity index (χ3v) is 7.05. The quantitative estimate of drug-likeness (QED) is 0.596. The Kier molecular flexibility index (Phi) is 6.18. The molecule has 0 aliphatic carbocycles. The first kappa shape index (κ1) is 22.3. The number of carbonyl (C=O) groups excluding carboxylic acids is 2. The molecule has 3 aromatic rings. The van der Waals surface area contributed by atoms with Crippen molar-refractivity contribution in [2.75, 3.05) is 35.7 Å². The Morgan fingerprint density at radius 2 is 2.09 bits per heavy atom. The second kappa shape index (κ2) is 9.41. The molecule has 2 aliphatic heterocycles. The van der Waals surface area contributed by atoms with Gasteiger partial charge in [-0.2, -0.15) is 0 Å². The van der Waals surface area contributed by atoms with Gasteiger partial charge >= 0.3 is 0 Å². The number of pyridine rings is 1. The van der Waals surface area contributed by atoms with E-state index in [-0.39, 0.29) is 11.7 Å². The summed E-state index contributed by atoms with van der Waals surface area (Å²) in [6.45, 7) is 1.44. The molecule has 11 heteroatoms. The molecule has 9 nitrogen and oxygen atoms in total. The van der Waals surface area contributed by atoms with E-state index in [0.717, 1.165) is 10.5 Å². The molecular formula is C23H24FN7O2S. The molecule has 1 fully saturated rings. The number of nitrogens with zero attached hydrogens (tertiary/aromatic N) is 6. The van der Waals surface area contributed by atoms with Crippen LogP contribution in [0.3, 0.4) is 0 Å². The smallest absolute Gasteiger partial charge is 0.291 e. The molecule has 0 spiro atoms. The SMILES string of the molecule is CN1C(=O)[C@@H](NC(=O)c2ncn(Cc3ccccc3)n2)CSc2cc(N3CC[C@H](F)C3)ncc21. The van der Waals surface area contributed by atoms with E-state index < -0.39 is 18.1 Å². The molecule has 0 unspecified atom stereocenters. The maximum Gasteiger partial charge on any atom is 0.291 e. The highest BCUT2D eigenvalue weighted by Crippen LogP contribution is 2.36. The van der Waals surface area contributed by atoms with Crippen molar-refractivity contribution >= 4 is 35.1 Å². The van der Waals surface area contributed by atoms with Crippen LogP contribution in [0.25, 0.3) is 0 Å². The molecule has 1 N–H and O–H groups in total. The highest BCUT2D eigenvalue weighted by atomic mass is 32.2. The van der Waals surface area contributed by atoms with Crippen molar-refractivity contribution in [3.63, 3.8) is 0 Å². The summed E-state index contributed by atoms with van der Waals surface area (Å²) in [5, 5.41) is 7.03. The highest BCUT2D eigenvalue weighted by Gasteiger charge is 2.32. The Morgan fingerprint density at radius 1 is 1.26 bits per heavy atom. The van der Waals surface area contributed by atoms with E-state index in [9.17, 15) is 14.0 Å². The fraction of sp³-hybridized carbons (Fsp3) is 0.348. The van der Waals surface area contributed by atoms with E-state index >= 15 is 0 Å². The van der Waals surface area contributed by atoms with Gasteiger partial charge in [0.15, 0.2) is 0 Å². The van der Waals surface area contributed by atoms with Crippen LogP contribution in [0.2, 0.25) is 0 Å². The van der Waals surface area contributed by atoms with Crippen molar-refractivity contribution in [1.29, 1.82) is 0 Å². The monoisotopic (exact) mass is 481 g/mol. The van der Waals surface area contributed by atoms with Crippen molar-refractivity contribution in [2.24, 2.45) is 0 Å². The average Bonchev–Trinajstić information content (AvgIpc) is 3.48. The van der Waals surface area contributed by atoms with Crippen LogP contribution >= 0.6 is 11.8 Å². The number of hydrogen-bond donors (Lipinski definition) is 1. The van der Waals surface area contributed by atoms with Gasteiger partial charge in [0.1, 0.15) is 24.4 Å². The zero-order valence-corrected chi connectivity index (χ0v) is 19.4. The van der Waals surface area contributed by atoms with Gasteiger partial charge in [-0.25, -0.2) is 19.0 Å². The Bertz CT molecular complexity index is 1210. The summed E-state index contributed by atoms with van der Waals surface area (Å²) in [5.41, 5.74) is 1.70. The molecule has 4 heterocycles. The lowest BCUT2D eigenvalue weighted by Gasteiger charge is -2.22. The lowest BCUT2D eigenvalue weighted by atomic mass is 10.2. The molecule has 0 radical (unpaired) electrons. The van der Waals surface area contributed by atoms with Crippen LogP contribution in [0.5, 0.6) is 0 Å². The summed E-state index contributed by atoms with van der Waals surface area (Å²) in [6, 6.07) is 10.9. The molecule has 2 amide bonds. The Morgan fingerprint density at radius 3 is 2.85 bits per heavy atom. The third-order valence-electron chi connectivity index (χ3n) is 5.91. The van der Waals surface area contributed by atoms with Crippen molar-refractivity contribution in [3.8, 4) is 0 Å². The van der Waals surface area contributed by atoms with Gasteiger partial charge < -0.3 is 15.1 Å².